The molecule has 2 atom stereocenters. The van der Waals surface area contributed by atoms with E-state index < -0.39 is 0 Å². The standard InChI is InChI=1S/C21H23NO3/c1-4-25-18-11-9-17(10-12-18)22-20(23)15(3)19(21(22)24)13-16-7-5-14(2)6-8-16/h5-12,15,19H,4,13H2,1-3H3/t15-,19+/m0/s1. The van der Waals surface area contributed by atoms with E-state index in [2.05, 4.69) is 0 Å². The monoisotopic (exact) mass is 337 g/mol. The fourth-order valence-electron chi connectivity index (χ4n) is 3.22. The molecule has 4 nitrogen and oxygen atoms in total. The average molecular weight is 337 g/mol. The molecule has 1 aliphatic rings. The number of aryl methyl sites for hydroxylation is 1. The van der Waals surface area contributed by atoms with Crippen LogP contribution in [0.5, 0.6) is 5.75 Å². The van der Waals surface area contributed by atoms with Crippen LogP contribution in [0.3, 0.4) is 0 Å². The second kappa shape index (κ2) is 7.09. The van der Waals surface area contributed by atoms with Crippen LogP contribution in [0.25, 0.3) is 0 Å². The van der Waals surface area contributed by atoms with E-state index in [9.17, 15) is 9.59 Å². The third kappa shape index (κ3) is 3.43. The predicted octanol–water partition coefficient (Wildman–Crippen LogP) is 3.76. The Morgan fingerprint density at radius 3 is 2.20 bits per heavy atom. The van der Waals surface area contributed by atoms with Crippen LogP contribution in [0.4, 0.5) is 5.69 Å². The van der Waals surface area contributed by atoms with Crippen molar-refractivity contribution in [2.24, 2.45) is 11.8 Å². The summed E-state index contributed by atoms with van der Waals surface area (Å²) in [5.41, 5.74) is 2.87. The number of hydrogen-bond acceptors (Lipinski definition) is 3. The Morgan fingerprint density at radius 2 is 1.60 bits per heavy atom. The van der Waals surface area contributed by atoms with Crippen molar-refractivity contribution in [2.75, 3.05) is 11.5 Å². The second-order valence-corrected chi connectivity index (χ2v) is 6.52. The summed E-state index contributed by atoms with van der Waals surface area (Å²) >= 11 is 0. The van der Waals surface area contributed by atoms with E-state index in [0.717, 1.165) is 11.3 Å². The highest BCUT2D eigenvalue weighted by Gasteiger charge is 2.45. The highest BCUT2D eigenvalue weighted by molar-refractivity contribution is 6.22. The van der Waals surface area contributed by atoms with Crippen molar-refractivity contribution in [3.63, 3.8) is 0 Å². The third-order valence-electron chi connectivity index (χ3n) is 4.73. The van der Waals surface area contributed by atoms with Crippen LogP contribution in [0.2, 0.25) is 0 Å². The van der Waals surface area contributed by atoms with Gasteiger partial charge in [0.15, 0.2) is 0 Å². The lowest BCUT2D eigenvalue weighted by atomic mass is 9.90. The van der Waals surface area contributed by atoms with Gasteiger partial charge in [-0.25, -0.2) is 0 Å². The average Bonchev–Trinajstić information content (AvgIpc) is 2.82. The first-order valence-corrected chi connectivity index (χ1v) is 8.67. The first-order chi connectivity index (χ1) is 12.0. The fraction of sp³-hybridized carbons (Fsp3) is 0.333. The van der Waals surface area contributed by atoms with Crippen molar-refractivity contribution >= 4 is 17.5 Å². The van der Waals surface area contributed by atoms with Gasteiger partial charge >= 0.3 is 0 Å². The lowest BCUT2D eigenvalue weighted by molar-refractivity contribution is -0.122. The molecule has 1 saturated heterocycles. The Kier molecular flexibility index (Phi) is 4.88. The van der Waals surface area contributed by atoms with E-state index in [0.29, 0.717) is 18.7 Å². The number of carbonyl (C=O) groups excluding carboxylic acids is 2. The van der Waals surface area contributed by atoms with Gasteiger partial charge in [0, 0.05) is 5.92 Å². The topological polar surface area (TPSA) is 46.6 Å². The van der Waals surface area contributed by atoms with Gasteiger partial charge in [0.25, 0.3) is 0 Å². The van der Waals surface area contributed by atoms with Gasteiger partial charge in [-0.05, 0) is 50.1 Å². The maximum absolute atomic E-state index is 12.9. The molecule has 25 heavy (non-hydrogen) atoms. The molecule has 2 aromatic rings. The molecule has 4 heteroatoms. The molecule has 1 aliphatic heterocycles. The van der Waals surface area contributed by atoms with Crippen LogP contribution in [-0.2, 0) is 16.0 Å². The number of amides is 2. The van der Waals surface area contributed by atoms with E-state index in [-0.39, 0.29) is 23.7 Å². The molecule has 0 aliphatic carbocycles. The van der Waals surface area contributed by atoms with Gasteiger partial charge in [0.1, 0.15) is 5.75 Å². The van der Waals surface area contributed by atoms with E-state index in [1.807, 2.05) is 45.0 Å². The SMILES string of the molecule is CCOc1ccc(N2C(=O)[C@@H](C)[C@@H](Cc3ccc(C)cc3)C2=O)cc1. The van der Waals surface area contributed by atoms with Crippen molar-refractivity contribution in [2.45, 2.75) is 27.2 Å². The summed E-state index contributed by atoms with van der Waals surface area (Å²) in [5.74, 6) is -0.162. The zero-order valence-electron chi connectivity index (χ0n) is 14.9. The molecule has 0 spiro atoms. The molecule has 0 aromatic heterocycles. The summed E-state index contributed by atoms with van der Waals surface area (Å²) in [6.45, 7) is 6.37. The molecule has 1 fully saturated rings. The Bertz CT molecular complexity index is 765. The van der Waals surface area contributed by atoms with Gasteiger partial charge < -0.3 is 4.74 Å². The Morgan fingerprint density at radius 1 is 0.960 bits per heavy atom. The molecular weight excluding hydrogens is 314 g/mol. The molecule has 0 unspecified atom stereocenters. The van der Waals surface area contributed by atoms with Crippen molar-refractivity contribution < 1.29 is 14.3 Å². The molecule has 1 heterocycles. The summed E-state index contributed by atoms with van der Waals surface area (Å²) in [6, 6.07) is 15.2. The maximum Gasteiger partial charge on any atom is 0.238 e. The van der Waals surface area contributed by atoms with Gasteiger partial charge in [-0.2, -0.15) is 0 Å². The number of nitrogens with zero attached hydrogens (tertiary/aromatic N) is 1. The van der Waals surface area contributed by atoms with Crippen LogP contribution < -0.4 is 9.64 Å². The number of carbonyl (C=O) groups is 2. The van der Waals surface area contributed by atoms with Crippen LogP contribution in [0.1, 0.15) is 25.0 Å². The van der Waals surface area contributed by atoms with Crippen LogP contribution in [-0.4, -0.2) is 18.4 Å². The molecule has 2 aromatic carbocycles. The zero-order valence-corrected chi connectivity index (χ0v) is 14.9. The first-order valence-electron chi connectivity index (χ1n) is 8.67. The highest BCUT2D eigenvalue weighted by atomic mass is 16.5. The number of hydrogen-bond donors (Lipinski definition) is 0. The third-order valence-corrected chi connectivity index (χ3v) is 4.73. The fourth-order valence-corrected chi connectivity index (χ4v) is 3.22. The highest BCUT2D eigenvalue weighted by Crippen LogP contribution is 2.33. The van der Waals surface area contributed by atoms with Crippen molar-refractivity contribution in [1.82, 2.24) is 0 Å². The summed E-state index contributed by atoms with van der Waals surface area (Å²) in [5, 5.41) is 0. The maximum atomic E-state index is 12.9. The molecule has 2 amide bonds. The van der Waals surface area contributed by atoms with E-state index in [1.54, 1.807) is 24.3 Å². The van der Waals surface area contributed by atoms with Crippen molar-refractivity contribution in [3.05, 3.63) is 59.7 Å². The van der Waals surface area contributed by atoms with E-state index in [1.165, 1.54) is 10.5 Å². The number of rotatable bonds is 5. The summed E-state index contributed by atoms with van der Waals surface area (Å²) in [6.07, 6.45) is 0.583. The molecule has 130 valence electrons. The quantitative estimate of drug-likeness (QED) is 0.781. The van der Waals surface area contributed by atoms with Crippen molar-refractivity contribution in [3.8, 4) is 5.75 Å². The first kappa shape index (κ1) is 17.2. The largest absolute Gasteiger partial charge is 0.494 e. The summed E-state index contributed by atoms with van der Waals surface area (Å²) in [4.78, 5) is 26.9. The van der Waals surface area contributed by atoms with Gasteiger partial charge in [0.2, 0.25) is 11.8 Å². The molecule has 3 rings (SSSR count). The molecular formula is C21H23NO3. The number of imide groups is 1. The lowest BCUT2D eigenvalue weighted by Gasteiger charge is -2.15. The smallest absolute Gasteiger partial charge is 0.238 e. The lowest BCUT2D eigenvalue weighted by Crippen LogP contribution is -2.31. The number of ether oxygens (including phenoxy) is 1. The van der Waals surface area contributed by atoms with Gasteiger partial charge in [-0.1, -0.05) is 36.8 Å². The van der Waals surface area contributed by atoms with E-state index >= 15 is 0 Å². The molecule has 0 bridgehead atoms. The van der Waals surface area contributed by atoms with Crippen LogP contribution >= 0.6 is 0 Å². The minimum Gasteiger partial charge on any atom is -0.494 e. The Hall–Kier alpha value is -2.62. The Balaban J connectivity index is 1.81. The van der Waals surface area contributed by atoms with Gasteiger partial charge in [0.05, 0.1) is 18.2 Å². The minimum absolute atomic E-state index is 0.123. The van der Waals surface area contributed by atoms with Crippen LogP contribution in [0, 0.1) is 18.8 Å². The van der Waals surface area contributed by atoms with Crippen LogP contribution in [0.15, 0.2) is 48.5 Å². The summed E-state index contributed by atoms with van der Waals surface area (Å²) < 4.78 is 5.42. The second-order valence-electron chi connectivity index (χ2n) is 6.52. The Labute approximate surface area is 148 Å². The predicted molar refractivity (Wildman–Crippen MR) is 97.6 cm³/mol. The zero-order chi connectivity index (χ0) is 18.0. The number of benzene rings is 2. The number of anilines is 1. The van der Waals surface area contributed by atoms with Gasteiger partial charge in [-0.15, -0.1) is 0 Å². The normalized spacial score (nSPS) is 20.2. The minimum atomic E-state index is -0.319. The summed E-state index contributed by atoms with van der Waals surface area (Å²) in [7, 11) is 0. The molecule has 0 radical (unpaired) electrons. The van der Waals surface area contributed by atoms with E-state index in [4.69, 9.17) is 4.74 Å². The molecule has 0 N–H and O–H groups in total. The molecule has 0 saturated carbocycles. The van der Waals surface area contributed by atoms with Gasteiger partial charge in [-0.3, -0.25) is 14.5 Å². The van der Waals surface area contributed by atoms with Crippen molar-refractivity contribution in [1.29, 1.82) is 0 Å².